The van der Waals surface area contributed by atoms with Gasteiger partial charge >= 0.3 is 0 Å². The van der Waals surface area contributed by atoms with Crippen molar-refractivity contribution in [3.8, 4) is 0 Å². The molecule has 1 saturated carbocycles. The molecule has 2 aliphatic rings. The van der Waals surface area contributed by atoms with Crippen LogP contribution >= 0.6 is 0 Å². The molecular weight excluding hydrogens is 240 g/mol. The summed E-state index contributed by atoms with van der Waals surface area (Å²) in [6, 6.07) is 4.64. The number of piperazine rings is 1. The summed E-state index contributed by atoms with van der Waals surface area (Å²) in [5.41, 5.74) is 0.633. The first-order valence-corrected chi connectivity index (χ1v) is 7.29. The summed E-state index contributed by atoms with van der Waals surface area (Å²) in [4.78, 5) is 4.93. The molecule has 0 atom stereocenters. The van der Waals surface area contributed by atoms with Crippen molar-refractivity contribution in [2.24, 2.45) is 0 Å². The average molecular weight is 262 g/mol. The molecule has 0 aromatic carbocycles. The lowest BCUT2D eigenvalue weighted by Crippen LogP contribution is -2.50. The van der Waals surface area contributed by atoms with Gasteiger partial charge in [0.1, 0.15) is 0 Å². The molecule has 104 valence electrons. The first-order valence-electron chi connectivity index (χ1n) is 7.29. The van der Waals surface area contributed by atoms with Gasteiger partial charge < -0.3 is 10.0 Å². The molecule has 19 heavy (non-hydrogen) atoms. The average Bonchev–Trinajstić information content (AvgIpc) is 3.02. The van der Waals surface area contributed by atoms with Gasteiger partial charge in [-0.1, -0.05) is 12.8 Å². The van der Waals surface area contributed by atoms with Gasteiger partial charge in [-0.15, -0.1) is 5.10 Å². The summed E-state index contributed by atoms with van der Waals surface area (Å²) >= 11 is 0. The lowest BCUT2D eigenvalue weighted by molar-refractivity contribution is 0.187. The quantitative estimate of drug-likeness (QED) is 0.882. The molecule has 1 N–H and O–H groups in total. The predicted octanol–water partition coefficient (Wildman–Crippen LogP) is 1.03. The molecule has 3 rings (SSSR count). The Morgan fingerprint density at radius 3 is 2.37 bits per heavy atom. The lowest BCUT2D eigenvalue weighted by Gasteiger charge is -2.38. The largest absolute Gasteiger partial charge is 0.390 e. The highest BCUT2D eigenvalue weighted by molar-refractivity contribution is 5.37. The second-order valence-corrected chi connectivity index (χ2v) is 5.50. The van der Waals surface area contributed by atoms with Gasteiger partial charge in [-0.2, -0.15) is 5.10 Å². The Morgan fingerprint density at radius 1 is 1.05 bits per heavy atom. The van der Waals surface area contributed by atoms with Crippen LogP contribution in [0.25, 0.3) is 0 Å². The number of anilines is 1. The van der Waals surface area contributed by atoms with Gasteiger partial charge in [-0.25, -0.2) is 0 Å². The third kappa shape index (κ3) is 2.87. The van der Waals surface area contributed by atoms with Crippen LogP contribution in [0.15, 0.2) is 12.1 Å². The van der Waals surface area contributed by atoms with Crippen molar-refractivity contribution in [3.63, 3.8) is 0 Å². The molecule has 2 fully saturated rings. The van der Waals surface area contributed by atoms with Crippen LogP contribution in [-0.2, 0) is 6.61 Å². The van der Waals surface area contributed by atoms with Gasteiger partial charge in [0.25, 0.3) is 0 Å². The van der Waals surface area contributed by atoms with E-state index in [4.69, 9.17) is 5.11 Å². The molecule has 5 heteroatoms. The molecule has 0 amide bonds. The highest BCUT2D eigenvalue weighted by Gasteiger charge is 2.26. The maximum absolute atomic E-state index is 8.97. The first-order chi connectivity index (χ1) is 9.36. The third-order valence-corrected chi connectivity index (χ3v) is 4.35. The molecule has 0 spiro atoms. The summed E-state index contributed by atoms with van der Waals surface area (Å²) < 4.78 is 0. The van der Waals surface area contributed by atoms with Crippen LogP contribution in [-0.4, -0.2) is 52.4 Å². The van der Waals surface area contributed by atoms with Crippen molar-refractivity contribution < 1.29 is 5.11 Å². The first kappa shape index (κ1) is 12.8. The molecule has 5 nitrogen and oxygen atoms in total. The van der Waals surface area contributed by atoms with Crippen LogP contribution in [0.1, 0.15) is 31.4 Å². The van der Waals surface area contributed by atoms with Crippen LogP contribution in [0.2, 0.25) is 0 Å². The number of aromatic nitrogens is 2. The van der Waals surface area contributed by atoms with Crippen LogP contribution < -0.4 is 4.90 Å². The highest BCUT2D eigenvalue weighted by atomic mass is 16.3. The van der Waals surface area contributed by atoms with Crippen molar-refractivity contribution in [2.75, 3.05) is 31.1 Å². The van der Waals surface area contributed by atoms with Crippen LogP contribution in [0.3, 0.4) is 0 Å². The Kier molecular flexibility index (Phi) is 3.94. The van der Waals surface area contributed by atoms with Crippen molar-refractivity contribution in [2.45, 2.75) is 38.3 Å². The summed E-state index contributed by atoms with van der Waals surface area (Å²) in [6.45, 7) is 4.29. The predicted molar refractivity (Wildman–Crippen MR) is 74.0 cm³/mol. The monoisotopic (exact) mass is 262 g/mol. The van der Waals surface area contributed by atoms with Crippen molar-refractivity contribution in [3.05, 3.63) is 17.8 Å². The van der Waals surface area contributed by atoms with Gasteiger partial charge in [0.2, 0.25) is 0 Å². The minimum absolute atomic E-state index is 0.0390. The van der Waals surface area contributed by atoms with E-state index >= 15 is 0 Å². The summed E-state index contributed by atoms with van der Waals surface area (Å²) in [5.74, 6) is 0.934. The van der Waals surface area contributed by atoms with Gasteiger partial charge in [0.15, 0.2) is 5.82 Å². The zero-order chi connectivity index (χ0) is 13.1. The van der Waals surface area contributed by atoms with Crippen LogP contribution in [0, 0.1) is 0 Å². The fraction of sp³-hybridized carbons (Fsp3) is 0.714. The maximum Gasteiger partial charge on any atom is 0.151 e. The van der Waals surface area contributed by atoms with E-state index in [0.717, 1.165) is 38.0 Å². The number of nitrogens with zero attached hydrogens (tertiary/aromatic N) is 4. The van der Waals surface area contributed by atoms with Crippen LogP contribution in [0.5, 0.6) is 0 Å². The van der Waals surface area contributed by atoms with Crippen LogP contribution in [0.4, 0.5) is 5.82 Å². The molecule has 0 radical (unpaired) electrons. The Morgan fingerprint density at radius 2 is 1.79 bits per heavy atom. The fourth-order valence-electron chi connectivity index (χ4n) is 3.19. The third-order valence-electron chi connectivity index (χ3n) is 4.35. The van der Waals surface area contributed by atoms with Crippen molar-refractivity contribution >= 4 is 5.82 Å². The molecule has 1 aromatic rings. The number of rotatable bonds is 3. The van der Waals surface area contributed by atoms with Gasteiger partial charge in [0.05, 0.1) is 12.3 Å². The summed E-state index contributed by atoms with van der Waals surface area (Å²) in [5, 5.41) is 17.2. The van der Waals surface area contributed by atoms with E-state index in [1.54, 1.807) is 0 Å². The van der Waals surface area contributed by atoms with E-state index in [1.807, 2.05) is 12.1 Å². The summed E-state index contributed by atoms with van der Waals surface area (Å²) in [6.07, 6.45) is 5.56. The summed E-state index contributed by atoms with van der Waals surface area (Å²) in [7, 11) is 0. The smallest absolute Gasteiger partial charge is 0.151 e. The zero-order valence-corrected chi connectivity index (χ0v) is 11.3. The fourth-order valence-corrected chi connectivity index (χ4v) is 3.19. The minimum atomic E-state index is -0.0390. The number of aliphatic hydroxyl groups excluding tert-OH is 1. The van der Waals surface area contributed by atoms with E-state index in [0.29, 0.717) is 5.69 Å². The molecule has 1 aliphatic carbocycles. The van der Waals surface area contributed by atoms with Crippen molar-refractivity contribution in [1.82, 2.24) is 15.1 Å². The second-order valence-electron chi connectivity index (χ2n) is 5.50. The minimum Gasteiger partial charge on any atom is -0.390 e. The molecule has 1 aliphatic heterocycles. The maximum atomic E-state index is 8.97. The Hall–Kier alpha value is -1.20. The zero-order valence-electron chi connectivity index (χ0n) is 11.3. The van der Waals surface area contributed by atoms with E-state index < -0.39 is 0 Å². The molecule has 0 bridgehead atoms. The van der Waals surface area contributed by atoms with E-state index in [2.05, 4.69) is 20.0 Å². The Balaban J connectivity index is 1.56. The topological polar surface area (TPSA) is 52.5 Å². The number of hydrogen-bond donors (Lipinski definition) is 1. The van der Waals surface area contributed by atoms with Gasteiger partial charge in [-0.05, 0) is 25.0 Å². The van der Waals surface area contributed by atoms with E-state index in [1.165, 1.54) is 25.7 Å². The Labute approximate surface area is 114 Å². The van der Waals surface area contributed by atoms with E-state index in [9.17, 15) is 0 Å². The molecule has 2 heterocycles. The normalized spacial score (nSPS) is 22.1. The number of hydrogen-bond acceptors (Lipinski definition) is 5. The molecule has 1 saturated heterocycles. The lowest BCUT2D eigenvalue weighted by atomic mass is 10.2. The highest BCUT2D eigenvalue weighted by Crippen LogP contribution is 2.25. The molecule has 1 aromatic heterocycles. The molecular formula is C14H22N4O. The van der Waals surface area contributed by atoms with Crippen molar-refractivity contribution in [1.29, 1.82) is 0 Å². The van der Waals surface area contributed by atoms with Gasteiger partial charge in [0, 0.05) is 32.2 Å². The van der Waals surface area contributed by atoms with E-state index in [-0.39, 0.29) is 6.61 Å². The second kappa shape index (κ2) is 5.84. The SMILES string of the molecule is OCc1ccc(N2CCN(C3CCCC3)CC2)nn1. The standard InChI is InChI=1S/C14H22N4O/c19-11-12-5-6-14(16-15-12)18-9-7-17(8-10-18)13-3-1-2-4-13/h5-6,13,19H,1-4,7-11H2. The van der Waals surface area contributed by atoms with Gasteiger partial charge in [-0.3, -0.25) is 4.90 Å². The molecule has 0 unspecified atom stereocenters. The number of aliphatic hydroxyl groups is 1. The Bertz CT molecular complexity index is 394.